The number of aliphatic hydroxyl groups is 1. The van der Waals surface area contributed by atoms with E-state index in [1.807, 2.05) is 0 Å². The fraction of sp³-hybridized carbons (Fsp3) is 0.630. The zero-order chi connectivity index (χ0) is 19.4. The Kier molecular flexibility index (Phi) is 4.58. The lowest BCUT2D eigenvalue weighted by Gasteiger charge is -2.53. The van der Waals surface area contributed by atoms with E-state index in [0.717, 1.165) is 18.8 Å². The number of hydrogen-bond donors (Lipinski definition) is 1. The Bertz CT molecular complexity index is 803. The highest BCUT2D eigenvalue weighted by atomic mass is 16.3. The number of fused-ring (bicyclic) bond motifs is 4. The highest BCUT2D eigenvalue weighted by Crippen LogP contribution is 2.63. The summed E-state index contributed by atoms with van der Waals surface area (Å²) in [5.41, 5.74) is 7.53. The number of hydrogen-bond acceptors (Lipinski definition) is 1. The molecule has 0 spiro atoms. The van der Waals surface area contributed by atoms with Crippen LogP contribution in [0.2, 0.25) is 0 Å². The van der Waals surface area contributed by atoms with Crippen molar-refractivity contribution in [2.24, 2.45) is 22.7 Å². The summed E-state index contributed by atoms with van der Waals surface area (Å²) in [5.74, 6) is 1.51. The molecule has 1 nitrogen and oxygen atoms in total. The molecule has 0 radical (unpaired) electrons. The molecule has 1 heteroatoms. The third-order valence-electron chi connectivity index (χ3n) is 9.22. The molecular weight excluding hydrogens is 340 g/mol. The minimum absolute atomic E-state index is 0.0536. The van der Waals surface area contributed by atoms with Crippen LogP contribution in [-0.2, 0) is 6.42 Å². The summed E-state index contributed by atoms with van der Waals surface area (Å²) in [5, 5.41) is 10.2. The van der Waals surface area contributed by atoms with Crippen LogP contribution in [0.3, 0.4) is 0 Å². The van der Waals surface area contributed by atoms with E-state index in [9.17, 15) is 5.11 Å². The molecular formula is C27H36O. The maximum Gasteiger partial charge on any atom is 0.0543 e. The van der Waals surface area contributed by atoms with E-state index in [1.165, 1.54) is 56.9 Å². The van der Waals surface area contributed by atoms with Crippen LogP contribution >= 0.6 is 0 Å². The summed E-state index contributed by atoms with van der Waals surface area (Å²) in [7, 11) is 0. The fourth-order valence-corrected chi connectivity index (χ4v) is 7.35. The van der Waals surface area contributed by atoms with Gasteiger partial charge in [-0.1, -0.05) is 55.8 Å². The van der Waals surface area contributed by atoms with Crippen molar-refractivity contribution in [3.05, 3.63) is 58.7 Å². The van der Waals surface area contributed by atoms with Gasteiger partial charge in [0.15, 0.2) is 0 Å². The molecule has 1 fully saturated rings. The first-order valence-corrected chi connectivity index (χ1v) is 11.7. The minimum atomic E-state index is -0.0536. The lowest BCUT2D eigenvalue weighted by Crippen LogP contribution is -2.43. The van der Waals surface area contributed by atoms with Crippen molar-refractivity contribution in [2.75, 3.05) is 0 Å². The van der Waals surface area contributed by atoms with Crippen molar-refractivity contribution >= 4 is 0 Å². The van der Waals surface area contributed by atoms with Gasteiger partial charge in [0, 0.05) is 0 Å². The van der Waals surface area contributed by atoms with Crippen LogP contribution in [0.15, 0.2) is 53.1 Å². The van der Waals surface area contributed by atoms with Gasteiger partial charge in [-0.2, -0.15) is 0 Å². The molecule has 4 aliphatic carbocycles. The van der Waals surface area contributed by atoms with Gasteiger partial charge in [0.1, 0.15) is 0 Å². The molecule has 5 atom stereocenters. The number of aliphatic hydroxyl groups excluding tert-OH is 1. The first-order valence-electron chi connectivity index (χ1n) is 11.7. The van der Waals surface area contributed by atoms with Crippen LogP contribution in [0.5, 0.6) is 0 Å². The Labute approximate surface area is 170 Å². The predicted octanol–water partition coefficient (Wildman–Crippen LogP) is 6.62. The maximum absolute atomic E-state index is 10.2. The second-order valence-electron chi connectivity index (χ2n) is 10.5. The lowest BCUT2D eigenvalue weighted by molar-refractivity contribution is 0.0232. The Morgan fingerprint density at radius 3 is 2.64 bits per heavy atom. The van der Waals surface area contributed by atoms with E-state index in [1.54, 1.807) is 16.7 Å². The average Bonchev–Trinajstić information content (AvgIpc) is 3.04. The summed E-state index contributed by atoms with van der Waals surface area (Å²) >= 11 is 0. The third kappa shape index (κ3) is 2.84. The van der Waals surface area contributed by atoms with Crippen molar-refractivity contribution in [1.29, 1.82) is 0 Å². The number of allylic oxidation sites excluding steroid dienone is 4. The molecule has 150 valence electrons. The second-order valence-corrected chi connectivity index (χ2v) is 10.5. The van der Waals surface area contributed by atoms with Crippen molar-refractivity contribution in [3.63, 3.8) is 0 Å². The molecule has 0 bridgehead atoms. The van der Waals surface area contributed by atoms with E-state index >= 15 is 0 Å². The molecule has 0 amide bonds. The SMILES string of the molecule is C[C@]12CCC3=C(CCC4CC(O)CC[C@]34C)C1=CC[C@@H]2CCc1ccccc1. The first kappa shape index (κ1) is 18.7. The quantitative estimate of drug-likeness (QED) is 0.628. The molecule has 1 N–H and O–H groups in total. The van der Waals surface area contributed by atoms with Gasteiger partial charge in [-0.25, -0.2) is 0 Å². The fourth-order valence-electron chi connectivity index (χ4n) is 7.35. The maximum atomic E-state index is 10.2. The molecule has 1 saturated carbocycles. The molecule has 2 unspecified atom stereocenters. The van der Waals surface area contributed by atoms with E-state index in [4.69, 9.17) is 0 Å². The zero-order valence-electron chi connectivity index (χ0n) is 17.7. The van der Waals surface area contributed by atoms with Crippen LogP contribution in [0.1, 0.15) is 77.2 Å². The number of aryl methyl sites for hydroxylation is 1. The summed E-state index contributed by atoms with van der Waals surface area (Å²) in [6.45, 7) is 5.10. The van der Waals surface area contributed by atoms with Gasteiger partial charge in [0.05, 0.1) is 6.10 Å². The van der Waals surface area contributed by atoms with Gasteiger partial charge in [-0.05, 0) is 104 Å². The van der Waals surface area contributed by atoms with Gasteiger partial charge in [0.25, 0.3) is 0 Å². The second kappa shape index (κ2) is 6.87. The monoisotopic (exact) mass is 376 g/mol. The summed E-state index contributed by atoms with van der Waals surface area (Å²) in [6, 6.07) is 11.0. The highest BCUT2D eigenvalue weighted by Gasteiger charge is 2.51. The summed E-state index contributed by atoms with van der Waals surface area (Å²) in [4.78, 5) is 0. The summed E-state index contributed by atoms with van der Waals surface area (Å²) < 4.78 is 0. The average molecular weight is 377 g/mol. The van der Waals surface area contributed by atoms with Gasteiger partial charge >= 0.3 is 0 Å². The normalized spacial score (nSPS) is 39.8. The van der Waals surface area contributed by atoms with Crippen LogP contribution in [0, 0.1) is 22.7 Å². The molecule has 1 aromatic rings. The van der Waals surface area contributed by atoms with Gasteiger partial charge < -0.3 is 5.11 Å². The smallest absolute Gasteiger partial charge is 0.0543 e. The van der Waals surface area contributed by atoms with E-state index in [-0.39, 0.29) is 6.10 Å². The van der Waals surface area contributed by atoms with Gasteiger partial charge in [0.2, 0.25) is 0 Å². The standard InChI is InChI=1S/C27H36O/c1-26-17-15-25-23(12-10-21-18-22(28)14-16-27(21,25)2)24(26)13-11-20(26)9-8-19-6-4-3-5-7-19/h3-7,13,20-22,28H,8-12,14-18H2,1-2H3/t20-,21?,22?,26+,27-/m0/s1. The molecule has 4 aliphatic rings. The highest BCUT2D eigenvalue weighted by molar-refractivity contribution is 5.49. The Morgan fingerprint density at radius 2 is 1.82 bits per heavy atom. The van der Waals surface area contributed by atoms with Gasteiger partial charge in [-0.3, -0.25) is 0 Å². The molecule has 28 heavy (non-hydrogen) atoms. The molecule has 1 aromatic carbocycles. The number of rotatable bonds is 3. The zero-order valence-corrected chi connectivity index (χ0v) is 17.7. The van der Waals surface area contributed by atoms with Crippen molar-refractivity contribution < 1.29 is 5.11 Å². The molecule has 0 heterocycles. The Balaban J connectivity index is 1.38. The van der Waals surface area contributed by atoms with Crippen molar-refractivity contribution in [1.82, 2.24) is 0 Å². The first-order chi connectivity index (χ1) is 13.5. The van der Waals surface area contributed by atoms with E-state index in [2.05, 4.69) is 50.3 Å². The Hall–Kier alpha value is -1.34. The lowest BCUT2D eigenvalue weighted by atomic mass is 9.52. The summed E-state index contributed by atoms with van der Waals surface area (Å²) in [6.07, 6.45) is 14.8. The topological polar surface area (TPSA) is 20.2 Å². The van der Waals surface area contributed by atoms with Gasteiger partial charge in [-0.15, -0.1) is 0 Å². The predicted molar refractivity (Wildman–Crippen MR) is 116 cm³/mol. The molecule has 0 saturated heterocycles. The van der Waals surface area contributed by atoms with Crippen molar-refractivity contribution in [2.45, 2.75) is 84.2 Å². The number of benzene rings is 1. The largest absolute Gasteiger partial charge is 0.393 e. The van der Waals surface area contributed by atoms with E-state index in [0.29, 0.717) is 16.7 Å². The molecule has 5 rings (SSSR count). The van der Waals surface area contributed by atoms with Crippen LogP contribution in [0.25, 0.3) is 0 Å². The third-order valence-corrected chi connectivity index (χ3v) is 9.22. The van der Waals surface area contributed by atoms with Crippen LogP contribution in [0.4, 0.5) is 0 Å². The minimum Gasteiger partial charge on any atom is -0.393 e. The van der Waals surface area contributed by atoms with Crippen molar-refractivity contribution in [3.8, 4) is 0 Å². The molecule has 0 aromatic heterocycles. The Morgan fingerprint density at radius 1 is 1.00 bits per heavy atom. The van der Waals surface area contributed by atoms with Crippen LogP contribution < -0.4 is 0 Å². The van der Waals surface area contributed by atoms with Crippen LogP contribution in [-0.4, -0.2) is 11.2 Å². The molecule has 0 aliphatic heterocycles. The van der Waals surface area contributed by atoms with E-state index < -0.39 is 0 Å².